The number of hydrogen-bond donors (Lipinski definition) is 2. The van der Waals surface area contributed by atoms with E-state index in [-0.39, 0.29) is 5.75 Å². The summed E-state index contributed by atoms with van der Waals surface area (Å²) in [6.07, 6.45) is 0. The van der Waals surface area contributed by atoms with Crippen molar-refractivity contribution >= 4 is 22.9 Å². The predicted molar refractivity (Wildman–Crippen MR) is 70.5 cm³/mol. The summed E-state index contributed by atoms with van der Waals surface area (Å²) in [6.45, 7) is 3.44. The van der Waals surface area contributed by atoms with Crippen LogP contribution in [0.2, 0.25) is 5.02 Å². The fourth-order valence-electron chi connectivity index (χ4n) is 1.46. The molecule has 3 nitrogen and oxygen atoms in total. The topological polar surface area (TPSA) is 45.1 Å². The molecule has 0 aliphatic heterocycles. The van der Waals surface area contributed by atoms with E-state index in [0.717, 1.165) is 22.8 Å². The van der Waals surface area contributed by atoms with Crippen LogP contribution >= 0.6 is 22.9 Å². The normalized spacial score (nSPS) is 10.7. The van der Waals surface area contributed by atoms with Crippen LogP contribution in [0.15, 0.2) is 23.6 Å². The molecule has 2 aromatic rings. The van der Waals surface area contributed by atoms with Gasteiger partial charge in [0, 0.05) is 24.2 Å². The van der Waals surface area contributed by atoms with Crippen molar-refractivity contribution in [1.82, 2.24) is 10.3 Å². The largest absolute Gasteiger partial charge is 0.506 e. The molecule has 0 saturated carbocycles. The molecule has 2 rings (SSSR count). The van der Waals surface area contributed by atoms with Gasteiger partial charge in [-0.25, -0.2) is 4.98 Å². The van der Waals surface area contributed by atoms with Gasteiger partial charge in [0.05, 0.1) is 5.02 Å². The number of rotatable bonds is 4. The van der Waals surface area contributed by atoms with Gasteiger partial charge < -0.3 is 10.4 Å². The monoisotopic (exact) mass is 268 g/mol. The first kappa shape index (κ1) is 12.4. The Morgan fingerprint density at radius 2 is 2.24 bits per heavy atom. The highest BCUT2D eigenvalue weighted by molar-refractivity contribution is 7.09. The van der Waals surface area contributed by atoms with Gasteiger partial charge in [0.1, 0.15) is 10.8 Å². The van der Waals surface area contributed by atoms with Gasteiger partial charge in [-0.15, -0.1) is 11.3 Å². The molecule has 0 radical (unpaired) electrons. The molecule has 1 heterocycles. The summed E-state index contributed by atoms with van der Waals surface area (Å²) in [5.74, 6) is 0.117. The summed E-state index contributed by atoms with van der Waals surface area (Å²) in [6, 6.07) is 5.21. The van der Waals surface area contributed by atoms with E-state index in [9.17, 15) is 5.11 Å². The molecule has 0 aliphatic carbocycles. The number of aromatic nitrogens is 1. The van der Waals surface area contributed by atoms with Gasteiger partial charge in [0.25, 0.3) is 0 Å². The molecule has 0 aliphatic rings. The fraction of sp³-hybridized carbons (Fsp3) is 0.250. The lowest BCUT2D eigenvalue weighted by molar-refractivity contribution is 0.475. The molecule has 5 heteroatoms. The minimum Gasteiger partial charge on any atom is -0.506 e. The fourth-order valence-corrected chi connectivity index (χ4v) is 2.40. The Morgan fingerprint density at radius 3 is 2.88 bits per heavy atom. The first-order chi connectivity index (χ1) is 8.15. The van der Waals surface area contributed by atoms with Crippen molar-refractivity contribution in [2.75, 3.05) is 0 Å². The molecule has 0 amide bonds. The van der Waals surface area contributed by atoms with Crippen LogP contribution in [-0.4, -0.2) is 10.1 Å². The summed E-state index contributed by atoms with van der Waals surface area (Å²) >= 11 is 7.48. The number of phenols is 1. The average Bonchev–Trinajstić information content (AvgIpc) is 2.70. The van der Waals surface area contributed by atoms with E-state index >= 15 is 0 Å². The molecule has 1 aromatic carbocycles. The van der Waals surface area contributed by atoms with Gasteiger partial charge in [0.2, 0.25) is 0 Å². The molecule has 0 bridgehead atoms. The van der Waals surface area contributed by atoms with Crippen LogP contribution in [0, 0.1) is 6.92 Å². The average molecular weight is 269 g/mol. The van der Waals surface area contributed by atoms with Gasteiger partial charge in [-0.05, 0) is 24.6 Å². The van der Waals surface area contributed by atoms with Gasteiger partial charge in [0.15, 0.2) is 0 Å². The molecule has 0 spiro atoms. The molecule has 0 atom stereocenters. The van der Waals surface area contributed by atoms with E-state index in [4.69, 9.17) is 11.6 Å². The zero-order chi connectivity index (χ0) is 12.3. The maximum absolute atomic E-state index is 9.29. The van der Waals surface area contributed by atoms with Crippen LogP contribution in [0.1, 0.15) is 16.3 Å². The molecule has 2 N–H and O–H groups in total. The first-order valence-electron chi connectivity index (χ1n) is 5.24. The van der Waals surface area contributed by atoms with Crippen LogP contribution in [0.5, 0.6) is 5.75 Å². The van der Waals surface area contributed by atoms with Crippen LogP contribution in [0.25, 0.3) is 0 Å². The third-order valence-corrected chi connectivity index (χ3v) is 3.55. The summed E-state index contributed by atoms with van der Waals surface area (Å²) in [5.41, 5.74) is 2.10. The zero-order valence-corrected chi connectivity index (χ0v) is 11.0. The zero-order valence-electron chi connectivity index (χ0n) is 9.40. The van der Waals surface area contributed by atoms with E-state index in [1.807, 2.05) is 18.4 Å². The Morgan fingerprint density at radius 1 is 1.41 bits per heavy atom. The highest BCUT2D eigenvalue weighted by Gasteiger charge is 2.01. The Hall–Kier alpha value is -1.10. The van der Waals surface area contributed by atoms with Crippen molar-refractivity contribution in [3.05, 3.63) is 44.9 Å². The van der Waals surface area contributed by atoms with Gasteiger partial charge >= 0.3 is 0 Å². The quantitative estimate of drug-likeness (QED) is 0.896. The number of thiazole rings is 1. The van der Waals surface area contributed by atoms with Gasteiger partial charge in [-0.3, -0.25) is 0 Å². The number of halogens is 1. The van der Waals surface area contributed by atoms with E-state index < -0.39 is 0 Å². The molecule has 17 heavy (non-hydrogen) atoms. The van der Waals surface area contributed by atoms with Crippen molar-refractivity contribution in [3.63, 3.8) is 0 Å². The minimum atomic E-state index is 0.117. The van der Waals surface area contributed by atoms with Crippen molar-refractivity contribution in [2.45, 2.75) is 20.0 Å². The third-order valence-electron chi connectivity index (χ3n) is 2.28. The molecule has 0 saturated heterocycles. The lowest BCUT2D eigenvalue weighted by Gasteiger charge is -2.04. The SMILES string of the molecule is Cc1csc(CNCc2ccc(O)c(Cl)c2)n1. The second kappa shape index (κ2) is 5.49. The molecular formula is C12H13ClN2OS. The summed E-state index contributed by atoms with van der Waals surface area (Å²) in [5, 5.41) is 16.1. The smallest absolute Gasteiger partial charge is 0.134 e. The van der Waals surface area contributed by atoms with Crippen molar-refractivity contribution in [1.29, 1.82) is 0 Å². The van der Waals surface area contributed by atoms with E-state index in [1.165, 1.54) is 0 Å². The predicted octanol–water partition coefficient (Wildman–Crippen LogP) is 3.10. The highest BCUT2D eigenvalue weighted by atomic mass is 35.5. The lowest BCUT2D eigenvalue weighted by atomic mass is 10.2. The maximum atomic E-state index is 9.29. The number of nitrogens with one attached hydrogen (secondary N) is 1. The van der Waals surface area contributed by atoms with Crippen LogP contribution in [-0.2, 0) is 13.1 Å². The van der Waals surface area contributed by atoms with E-state index in [1.54, 1.807) is 23.5 Å². The second-order valence-electron chi connectivity index (χ2n) is 3.77. The first-order valence-corrected chi connectivity index (χ1v) is 6.50. The van der Waals surface area contributed by atoms with Crippen molar-refractivity contribution in [2.24, 2.45) is 0 Å². The summed E-state index contributed by atoms with van der Waals surface area (Å²) in [7, 11) is 0. The molecule has 0 fully saturated rings. The Kier molecular flexibility index (Phi) is 3.99. The van der Waals surface area contributed by atoms with E-state index in [2.05, 4.69) is 10.3 Å². The van der Waals surface area contributed by atoms with Gasteiger partial charge in [-0.2, -0.15) is 0 Å². The minimum absolute atomic E-state index is 0.117. The molecular weight excluding hydrogens is 256 g/mol. The van der Waals surface area contributed by atoms with E-state index in [0.29, 0.717) is 11.6 Å². The second-order valence-corrected chi connectivity index (χ2v) is 5.12. The lowest BCUT2D eigenvalue weighted by Crippen LogP contribution is -2.12. The van der Waals surface area contributed by atoms with Crippen molar-refractivity contribution in [3.8, 4) is 5.75 Å². The van der Waals surface area contributed by atoms with Crippen LogP contribution in [0.3, 0.4) is 0 Å². The third kappa shape index (κ3) is 3.43. The molecule has 90 valence electrons. The van der Waals surface area contributed by atoms with Crippen molar-refractivity contribution < 1.29 is 5.11 Å². The van der Waals surface area contributed by atoms with Gasteiger partial charge in [-0.1, -0.05) is 17.7 Å². The Labute approximate surface area is 109 Å². The number of phenolic OH excluding ortho intramolecular Hbond substituents is 1. The molecule has 1 aromatic heterocycles. The van der Waals surface area contributed by atoms with Crippen LogP contribution < -0.4 is 5.32 Å². The number of hydrogen-bond acceptors (Lipinski definition) is 4. The molecule has 0 unspecified atom stereocenters. The summed E-state index contributed by atoms with van der Waals surface area (Å²) < 4.78 is 0. The number of benzene rings is 1. The summed E-state index contributed by atoms with van der Waals surface area (Å²) in [4.78, 5) is 4.36. The number of nitrogens with zero attached hydrogens (tertiary/aromatic N) is 1. The Bertz CT molecular complexity index is 513. The number of aromatic hydroxyl groups is 1. The highest BCUT2D eigenvalue weighted by Crippen LogP contribution is 2.23. The number of aryl methyl sites for hydroxylation is 1. The maximum Gasteiger partial charge on any atom is 0.134 e. The Balaban J connectivity index is 1.87. The standard InChI is InChI=1S/C12H13ClN2OS/c1-8-7-17-12(15-8)6-14-5-9-2-3-11(16)10(13)4-9/h2-4,7,14,16H,5-6H2,1H3. The van der Waals surface area contributed by atoms with Crippen LogP contribution in [0.4, 0.5) is 0 Å².